The number of hydrogen-bond donors (Lipinski definition) is 1. The number of methoxy groups -OCH3 is 2. The third-order valence-corrected chi connectivity index (χ3v) is 6.74. The van der Waals surface area contributed by atoms with E-state index in [9.17, 15) is 10.1 Å². The molecule has 1 N–H and O–H groups in total. The molecule has 0 aliphatic carbocycles. The van der Waals surface area contributed by atoms with E-state index in [1.807, 2.05) is 85.8 Å². The van der Waals surface area contributed by atoms with Gasteiger partial charge in [-0.25, -0.2) is 4.98 Å². The first kappa shape index (κ1) is 25.8. The van der Waals surface area contributed by atoms with E-state index >= 15 is 0 Å². The van der Waals surface area contributed by atoms with E-state index in [-0.39, 0.29) is 12.3 Å². The largest absolute Gasteiger partial charge is 0.493 e. The molecule has 1 heterocycles. The fraction of sp³-hybridized carbons (Fsp3) is 0.167. The second kappa shape index (κ2) is 12.1. The molecule has 1 aromatic heterocycles. The molecule has 0 bridgehead atoms. The first-order chi connectivity index (χ1) is 18.0. The number of carbonyl (C=O) groups is 1. The van der Waals surface area contributed by atoms with Gasteiger partial charge < -0.3 is 14.8 Å². The quantitative estimate of drug-likeness (QED) is 0.252. The number of aromatic nitrogens is 1. The lowest BCUT2D eigenvalue weighted by molar-refractivity contribution is -0.115. The molecule has 1 amide bonds. The zero-order valence-corrected chi connectivity index (χ0v) is 21.8. The highest BCUT2D eigenvalue weighted by atomic mass is 32.2. The van der Waals surface area contributed by atoms with E-state index in [0.717, 1.165) is 28.1 Å². The van der Waals surface area contributed by atoms with Crippen molar-refractivity contribution in [2.45, 2.75) is 18.4 Å². The molecule has 0 unspecified atom stereocenters. The molecular formula is C30H27N3O3S. The molecule has 0 aliphatic heterocycles. The van der Waals surface area contributed by atoms with Crippen molar-refractivity contribution < 1.29 is 14.3 Å². The van der Waals surface area contributed by atoms with Crippen LogP contribution in [0.25, 0.3) is 22.4 Å². The van der Waals surface area contributed by atoms with Gasteiger partial charge in [0, 0.05) is 34.6 Å². The van der Waals surface area contributed by atoms with Crippen LogP contribution in [0.5, 0.6) is 11.5 Å². The lowest BCUT2D eigenvalue weighted by atomic mass is 9.98. The molecule has 0 spiro atoms. The zero-order chi connectivity index (χ0) is 26.2. The molecule has 0 saturated heterocycles. The van der Waals surface area contributed by atoms with Gasteiger partial charge in [-0.05, 0) is 31.2 Å². The monoisotopic (exact) mass is 509 g/mol. The summed E-state index contributed by atoms with van der Waals surface area (Å²) in [6.45, 7) is 2.00. The van der Waals surface area contributed by atoms with Crippen molar-refractivity contribution in [2.75, 3.05) is 25.3 Å². The second-order valence-electron chi connectivity index (χ2n) is 8.27. The van der Waals surface area contributed by atoms with Crippen molar-refractivity contribution in [3.05, 3.63) is 90.0 Å². The first-order valence-electron chi connectivity index (χ1n) is 11.7. The van der Waals surface area contributed by atoms with E-state index in [2.05, 4.69) is 11.4 Å². The maximum atomic E-state index is 12.5. The fourth-order valence-electron chi connectivity index (χ4n) is 3.90. The Labute approximate surface area is 221 Å². The van der Waals surface area contributed by atoms with E-state index in [1.165, 1.54) is 11.8 Å². The van der Waals surface area contributed by atoms with Crippen molar-refractivity contribution in [1.29, 1.82) is 5.26 Å². The number of ether oxygens (including phenoxy) is 2. The van der Waals surface area contributed by atoms with Crippen LogP contribution in [-0.4, -0.2) is 30.9 Å². The maximum absolute atomic E-state index is 12.5. The summed E-state index contributed by atoms with van der Waals surface area (Å²) in [5, 5.41) is 13.7. The normalized spacial score (nSPS) is 10.4. The Morgan fingerprint density at radius 2 is 1.73 bits per heavy atom. The number of amides is 1. The highest BCUT2D eigenvalue weighted by Crippen LogP contribution is 2.42. The molecule has 0 aliphatic rings. The van der Waals surface area contributed by atoms with Gasteiger partial charge in [-0.15, -0.1) is 11.8 Å². The molecule has 0 atom stereocenters. The number of carbonyl (C=O) groups excluding carboxylic acids is 1. The molecule has 0 fully saturated rings. The molecular weight excluding hydrogens is 482 g/mol. The van der Waals surface area contributed by atoms with Crippen molar-refractivity contribution >= 4 is 23.4 Å². The van der Waals surface area contributed by atoms with Gasteiger partial charge in [-0.3, -0.25) is 4.79 Å². The molecule has 4 rings (SSSR count). The summed E-state index contributed by atoms with van der Waals surface area (Å²) in [6.07, 6.45) is 0.276. The van der Waals surface area contributed by atoms with Gasteiger partial charge in [0.25, 0.3) is 0 Å². The van der Waals surface area contributed by atoms with Crippen molar-refractivity contribution in [2.24, 2.45) is 0 Å². The Bertz CT molecular complexity index is 1430. The Hall–Kier alpha value is -4.28. The SMILES string of the molecule is COc1cccc(-c2cc(-c3ccccc3)nc(SCCC(=O)Nc3ccc(C)cc3)c2C#N)c1OC. The Morgan fingerprint density at radius 3 is 2.41 bits per heavy atom. The summed E-state index contributed by atoms with van der Waals surface area (Å²) in [5.74, 6) is 1.49. The number of thioether (sulfide) groups is 1. The number of para-hydroxylation sites is 1. The van der Waals surface area contributed by atoms with Crippen molar-refractivity contribution in [3.63, 3.8) is 0 Å². The van der Waals surface area contributed by atoms with Crippen LogP contribution in [0.4, 0.5) is 5.69 Å². The summed E-state index contributed by atoms with van der Waals surface area (Å²) in [7, 11) is 3.16. The number of rotatable bonds is 9. The predicted molar refractivity (Wildman–Crippen MR) is 148 cm³/mol. The van der Waals surface area contributed by atoms with Gasteiger partial charge in [0.2, 0.25) is 5.91 Å². The molecule has 7 heteroatoms. The fourth-order valence-corrected chi connectivity index (χ4v) is 4.85. The first-order valence-corrected chi connectivity index (χ1v) is 12.7. The standard InChI is InChI=1S/C30H27N3O3S/c1-20-12-14-22(15-13-20)32-28(34)16-17-37-30-25(19-31)24(18-26(33-30)21-8-5-4-6-9-21)23-10-7-11-27(35-2)29(23)36-3/h4-15,18H,16-17H2,1-3H3,(H,32,34). The lowest BCUT2D eigenvalue weighted by Crippen LogP contribution is -2.12. The number of nitriles is 1. The minimum atomic E-state index is -0.0937. The van der Waals surface area contributed by atoms with Gasteiger partial charge in [-0.2, -0.15) is 5.26 Å². The number of pyridine rings is 1. The average molecular weight is 510 g/mol. The summed E-state index contributed by atoms with van der Waals surface area (Å²) >= 11 is 1.39. The van der Waals surface area contributed by atoms with Crippen LogP contribution in [0.1, 0.15) is 17.5 Å². The van der Waals surface area contributed by atoms with Gasteiger partial charge in [-0.1, -0.05) is 60.2 Å². The summed E-state index contributed by atoms with van der Waals surface area (Å²) < 4.78 is 11.2. The molecule has 4 aromatic rings. The molecule has 6 nitrogen and oxygen atoms in total. The number of nitrogens with zero attached hydrogens (tertiary/aromatic N) is 2. The number of aryl methyl sites for hydroxylation is 1. The number of hydrogen-bond acceptors (Lipinski definition) is 6. The van der Waals surface area contributed by atoms with Crippen LogP contribution in [-0.2, 0) is 4.79 Å². The number of benzene rings is 3. The van der Waals surface area contributed by atoms with Gasteiger partial charge >= 0.3 is 0 Å². The van der Waals surface area contributed by atoms with E-state index in [4.69, 9.17) is 14.5 Å². The van der Waals surface area contributed by atoms with Crippen LogP contribution < -0.4 is 14.8 Å². The number of anilines is 1. The van der Waals surface area contributed by atoms with Crippen LogP contribution in [0.15, 0.2) is 83.9 Å². The highest BCUT2D eigenvalue weighted by molar-refractivity contribution is 7.99. The Balaban J connectivity index is 1.67. The van der Waals surface area contributed by atoms with Crippen LogP contribution in [0.3, 0.4) is 0 Å². The topological polar surface area (TPSA) is 84.2 Å². The smallest absolute Gasteiger partial charge is 0.225 e. The van der Waals surface area contributed by atoms with Crippen LogP contribution in [0.2, 0.25) is 0 Å². The molecule has 186 valence electrons. The van der Waals surface area contributed by atoms with Crippen LogP contribution >= 0.6 is 11.8 Å². The minimum absolute atomic E-state index is 0.0937. The zero-order valence-electron chi connectivity index (χ0n) is 20.9. The molecule has 3 aromatic carbocycles. The van der Waals surface area contributed by atoms with E-state index < -0.39 is 0 Å². The maximum Gasteiger partial charge on any atom is 0.225 e. The highest BCUT2D eigenvalue weighted by Gasteiger charge is 2.20. The third kappa shape index (κ3) is 6.11. The van der Waals surface area contributed by atoms with Crippen molar-refractivity contribution in [1.82, 2.24) is 4.98 Å². The van der Waals surface area contributed by atoms with Crippen LogP contribution in [0, 0.1) is 18.3 Å². The Morgan fingerprint density at radius 1 is 0.973 bits per heavy atom. The summed E-state index contributed by atoms with van der Waals surface area (Å²) in [6, 6.07) is 27.3. The second-order valence-corrected chi connectivity index (χ2v) is 9.35. The van der Waals surface area contributed by atoms with Gasteiger partial charge in [0.1, 0.15) is 11.1 Å². The van der Waals surface area contributed by atoms with Gasteiger partial charge in [0.15, 0.2) is 11.5 Å². The minimum Gasteiger partial charge on any atom is -0.493 e. The molecule has 37 heavy (non-hydrogen) atoms. The third-order valence-electron chi connectivity index (χ3n) is 5.76. The predicted octanol–water partition coefficient (Wildman–Crippen LogP) is 6.73. The average Bonchev–Trinajstić information content (AvgIpc) is 2.93. The van der Waals surface area contributed by atoms with Gasteiger partial charge in [0.05, 0.1) is 25.5 Å². The summed E-state index contributed by atoms with van der Waals surface area (Å²) in [5.41, 5.74) is 5.39. The molecule has 0 saturated carbocycles. The summed E-state index contributed by atoms with van der Waals surface area (Å²) in [4.78, 5) is 17.4. The molecule has 0 radical (unpaired) electrons. The number of nitrogens with one attached hydrogen (secondary N) is 1. The van der Waals surface area contributed by atoms with E-state index in [1.54, 1.807) is 14.2 Å². The lowest BCUT2D eigenvalue weighted by Gasteiger charge is -2.16. The van der Waals surface area contributed by atoms with E-state index in [0.29, 0.717) is 33.4 Å². The van der Waals surface area contributed by atoms with Crippen molar-refractivity contribution in [3.8, 4) is 40.0 Å². The Kier molecular flexibility index (Phi) is 8.44.